The van der Waals surface area contributed by atoms with E-state index in [2.05, 4.69) is 47.8 Å². The average molecular weight is 645 g/mol. The zero-order chi connectivity index (χ0) is 31.6. The van der Waals surface area contributed by atoms with E-state index in [1.165, 1.54) is 11.1 Å². The van der Waals surface area contributed by atoms with Gasteiger partial charge in [-0.25, -0.2) is 4.21 Å². The number of hydrogen-bond acceptors (Lipinski definition) is 6. The van der Waals surface area contributed by atoms with E-state index in [9.17, 15) is 9.00 Å². The van der Waals surface area contributed by atoms with E-state index in [1.807, 2.05) is 32.0 Å². The van der Waals surface area contributed by atoms with Crippen molar-refractivity contribution in [1.29, 1.82) is 0 Å². The second-order valence-electron chi connectivity index (χ2n) is 12.1. The van der Waals surface area contributed by atoms with Gasteiger partial charge < -0.3 is 19.1 Å². The van der Waals surface area contributed by atoms with Crippen molar-refractivity contribution in [3.63, 3.8) is 0 Å². The van der Waals surface area contributed by atoms with Gasteiger partial charge in [0.15, 0.2) is 0 Å². The number of ether oxygens (including phenoxy) is 3. The summed E-state index contributed by atoms with van der Waals surface area (Å²) in [6.45, 7) is 11.2. The first kappa shape index (κ1) is 34.5. The molecule has 1 aliphatic heterocycles. The summed E-state index contributed by atoms with van der Waals surface area (Å²) in [5, 5.41) is 0.576. The van der Waals surface area contributed by atoms with Gasteiger partial charge in [0.1, 0.15) is 16.7 Å². The van der Waals surface area contributed by atoms with Crippen molar-refractivity contribution in [3.8, 4) is 5.75 Å². The lowest BCUT2D eigenvalue weighted by Gasteiger charge is -2.44. The van der Waals surface area contributed by atoms with Gasteiger partial charge in [0.2, 0.25) is 0 Å². The Morgan fingerprint density at radius 3 is 2.68 bits per heavy atom. The molecule has 2 aliphatic rings. The van der Waals surface area contributed by atoms with E-state index in [0.29, 0.717) is 37.2 Å². The van der Waals surface area contributed by atoms with Crippen LogP contribution in [-0.4, -0.2) is 61.5 Å². The highest BCUT2D eigenvalue weighted by Crippen LogP contribution is 2.43. The summed E-state index contributed by atoms with van der Waals surface area (Å²) in [5.74, 6) is 1.35. The number of amides is 1. The standard InChI is InChI=1S/C35H49ClN2O5S/c1-6-8-10-33(42-18-17-41-5)31-14-11-27(31)21-38-22-28(30-15-13-29(36)19-25(30)9-7-2)23-43-34-16-12-26(20-32(34)38)35(39)37-44(40)24(3)4/h8,10,12-13,15-16,19-20,24,27-28,31,33H,6-7,9,11,14,17-18,21-23H2,1-5H3,(H,37,39)/b10-8+. The highest BCUT2D eigenvalue weighted by molar-refractivity contribution is 7.84. The molecule has 0 bridgehead atoms. The Labute approximate surface area is 271 Å². The SMILES string of the molecule is CC/C=C/C(OCCOC)C1CCC1CN1CC(c2ccc(Cl)cc2CCC)COc2ccc(C(=O)NS(=O)C(C)C)cc21. The Morgan fingerprint density at radius 2 is 2.00 bits per heavy atom. The zero-order valence-electron chi connectivity index (χ0n) is 26.9. The van der Waals surface area contributed by atoms with Crippen LogP contribution in [0, 0.1) is 11.8 Å². The van der Waals surface area contributed by atoms with Crippen LogP contribution in [0.4, 0.5) is 5.69 Å². The Bertz CT molecular complexity index is 1300. The molecular weight excluding hydrogens is 596 g/mol. The molecule has 1 N–H and O–H groups in total. The lowest BCUT2D eigenvalue weighted by atomic mass is 9.70. The van der Waals surface area contributed by atoms with Crippen molar-refractivity contribution < 1.29 is 23.2 Å². The van der Waals surface area contributed by atoms with Gasteiger partial charge in [-0.1, -0.05) is 50.1 Å². The molecule has 1 fully saturated rings. The highest BCUT2D eigenvalue weighted by atomic mass is 35.5. The van der Waals surface area contributed by atoms with Gasteiger partial charge in [-0.2, -0.15) is 0 Å². The summed E-state index contributed by atoms with van der Waals surface area (Å²) < 4.78 is 33.1. The first-order chi connectivity index (χ1) is 21.2. The summed E-state index contributed by atoms with van der Waals surface area (Å²) in [6.07, 6.45) is 9.62. The summed E-state index contributed by atoms with van der Waals surface area (Å²) in [7, 11) is 0.241. The molecule has 4 rings (SSSR count). The fourth-order valence-corrected chi connectivity index (χ4v) is 6.85. The van der Waals surface area contributed by atoms with Crippen LogP contribution < -0.4 is 14.4 Å². The van der Waals surface area contributed by atoms with E-state index in [-0.39, 0.29) is 23.2 Å². The van der Waals surface area contributed by atoms with Crippen molar-refractivity contribution in [3.05, 3.63) is 70.3 Å². The van der Waals surface area contributed by atoms with Gasteiger partial charge in [-0.15, -0.1) is 0 Å². The molecule has 5 unspecified atom stereocenters. The summed E-state index contributed by atoms with van der Waals surface area (Å²) in [6, 6.07) is 11.7. The maximum Gasteiger partial charge on any atom is 0.263 e. The van der Waals surface area contributed by atoms with Crippen molar-refractivity contribution >= 4 is 34.2 Å². The normalized spacial score (nSPS) is 21.3. The van der Waals surface area contributed by atoms with Gasteiger partial charge in [0.25, 0.3) is 5.91 Å². The molecule has 1 saturated carbocycles. The molecule has 0 spiro atoms. The van der Waals surface area contributed by atoms with Gasteiger partial charge in [0, 0.05) is 42.0 Å². The van der Waals surface area contributed by atoms with Crippen molar-refractivity contribution in [1.82, 2.24) is 4.72 Å². The van der Waals surface area contributed by atoms with Crippen LogP contribution in [0.25, 0.3) is 0 Å². The third-order valence-electron chi connectivity index (χ3n) is 8.64. The summed E-state index contributed by atoms with van der Waals surface area (Å²) in [5.41, 5.74) is 3.89. The minimum absolute atomic E-state index is 0.0397. The molecule has 1 amide bonds. The first-order valence-corrected chi connectivity index (χ1v) is 17.6. The first-order valence-electron chi connectivity index (χ1n) is 16.0. The third kappa shape index (κ3) is 8.87. The van der Waals surface area contributed by atoms with Gasteiger partial charge >= 0.3 is 0 Å². The number of hydrogen-bond donors (Lipinski definition) is 1. The second kappa shape index (κ2) is 16.8. The van der Waals surface area contributed by atoms with E-state index < -0.39 is 11.0 Å². The van der Waals surface area contributed by atoms with Crippen molar-refractivity contribution in [2.24, 2.45) is 11.8 Å². The van der Waals surface area contributed by atoms with Gasteiger partial charge in [0.05, 0.1) is 31.6 Å². The number of allylic oxidation sites excluding steroid dienone is 1. The lowest BCUT2D eigenvalue weighted by Crippen LogP contribution is -2.45. The number of nitrogens with zero attached hydrogens (tertiary/aromatic N) is 1. The number of anilines is 1. The van der Waals surface area contributed by atoms with Crippen LogP contribution in [-0.2, 0) is 26.9 Å². The molecule has 44 heavy (non-hydrogen) atoms. The second-order valence-corrected chi connectivity index (χ2v) is 14.3. The molecule has 0 aromatic heterocycles. The lowest BCUT2D eigenvalue weighted by molar-refractivity contribution is -0.0308. The summed E-state index contributed by atoms with van der Waals surface area (Å²) >= 11 is 6.42. The predicted molar refractivity (Wildman–Crippen MR) is 180 cm³/mol. The van der Waals surface area contributed by atoms with Crippen molar-refractivity contribution in [2.75, 3.05) is 44.9 Å². The Kier molecular flexibility index (Phi) is 13.2. The fraction of sp³-hybridized carbons (Fsp3) is 0.571. The summed E-state index contributed by atoms with van der Waals surface area (Å²) in [4.78, 5) is 15.5. The Hall–Kier alpha value is -2.39. The van der Waals surface area contributed by atoms with Crippen LogP contribution in [0.3, 0.4) is 0 Å². The number of rotatable bonds is 15. The molecule has 7 nitrogen and oxygen atoms in total. The number of benzene rings is 2. The highest BCUT2D eigenvalue weighted by Gasteiger charge is 2.39. The average Bonchev–Trinajstić information content (AvgIpc) is 3.17. The number of carbonyl (C=O) groups is 1. The maximum absolute atomic E-state index is 13.1. The third-order valence-corrected chi connectivity index (χ3v) is 10.1. The molecule has 0 radical (unpaired) electrons. The molecule has 2 aromatic rings. The number of aryl methyl sites for hydroxylation is 1. The van der Waals surface area contributed by atoms with E-state index >= 15 is 0 Å². The zero-order valence-corrected chi connectivity index (χ0v) is 28.4. The predicted octanol–water partition coefficient (Wildman–Crippen LogP) is 7.10. The largest absolute Gasteiger partial charge is 0.491 e. The monoisotopic (exact) mass is 644 g/mol. The molecule has 9 heteroatoms. The van der Waals surface area contributed by atoms with Crippen LogP contribution in [0.2, 0.25) is 5.02 Å². The number of fused-ring (bicyclic) bond motifs is 1. The van der Waals surface area contributed by atoms with E-state index in [4.69, 9.17) is 25.8 Å². The number of halogens is 1. The molecular formula is C35H49ClN2O5S. The van der Waals surface area contributed by atoms with Crippen LogP contribution in [0.1, 0.15) is 80.8 Å². The number of methoxy groups -OCH3 is 1. The Morgan fingerprint density at radius 1 is 1.18 bits per heavy atom. The van der Waals surface area contributed by atoms with Crippen LogP contribution in [0.15, 0.2) is 48.6 Å². The smallest absolute Gasteiger partial charge is 0.263 e. The minimum atomic E-state index is -1.46. The minimum Gasteiger partial charge on any atom is -0.491 e. The Balaban J connectivity index is 1.66. The maximum atomic E-state index is 13.1. The molecule has 242 valence electrons. The topological polar surface area (TPSA) is 77.1 Å². The van der Waals surface area contributed by atoms with E-state index in [0.717, 1.165) is 61.7 Å². The molecule has 0 saturated heterocycles. The van der Waals surface area contributed by atoms with Crippen molar-refractivity contribution in [2.45, 2.75) is 77.1 Å². The fourth-order valence-electron chi connectivity index (χ4n) is 6.12. The molecule has 1 heterocycles. The molecule has 1 aliphatic carbocycles. The van der Waals surface area contributed by atoms with Gasteiger partial charge in [-0.05, 0) is 92.8 Å². The van der Waals surface area contributed by atoms with Crippen LogP contribution >= 0.6 is 11.6 Å². The van der Waals surface area contributed by atoms with E-state index in [1.54, 1.807) is 13.2 Å². The van der Waals surface area contributed by atoms with Gasteiger partial charge in [-0.3, -0.25) is 9.52 Å². The number of carbonyl (C=O) groups excluding carboxylic acids is 1. The molecule has 2 aromatic carbocycles. The van der Waals surface area contributed by atoms with Crippen LogP contribution in [0.5, 0.6) is 5.75 Å². The quantitative estimate of drug-likeness (QED) is 0.165. The molecule has 5 atom stereocenters. The number of nitrogens with one attached hydrogen (secondary N) is 1.